The van der Waals surface area contributed by atoms with Crippen LogP contribution in [0.25, 0.3) is 6.08 Å². The van der Waals surface area contributed by atoms with Gasteiger partial charge in [0.1, 0.15) is 6.54 Å². The first-order chi connectivity index (χ1) is 11.1. The third kappa shape index (κ3) is 4.88. The molecule has 1 aliphatic rings. The van der Waals surface area contributed by atoms with Crippen LogP contribution in [0, 0.1) is 0 Å². The summed E-state index contributed by atoms with van der Waals surface area (Å²) in [6.45, 7) is 2.09. The Hall–Kier alpha value is -2.76. The number of rotatable bonds is 6. The minimum absolute atomic E-state index is 0.146. The highest BCUT2D eigenvalue weighted by atomic mass is 16.7. The van der Waals surface area contributed by atoms with Gasteiger partial charge >= 0.3 is 5.97 Å². The lowest BCUT2D eigenvalue weighted by Crippen LogP contribution is -2.28. The fourth-order valence-corrected chi connectivity index (χ4v) is 1.96. The normalized spacial score (nSPS) is 13.2. The number of esters is 1. The zero-order chi connectivity index (χ0) is 16.7. The number of benzene rings is 1. The summed E-state index contributed by atoms with van der Waals surface area (Å²) >= 11 is 0. The number of hydrogen-bond acceptors (Lipinski definition) is 5. The fraction of sp³-hybridized carbons (Fsp3) is 0.294. The van der Waals surface area contributed by atoms with E-state index < -0.39 is 5.97 Å². The molecule has 0 unspecified atom stereocenters. The van der Waals surface area contributed by atoms with Crippen molar-refractivity contribution in [3.63, 3.8) is 0 Å². The SMILES string of the molecule is CCC(/C=C/C(=O)NCC(=O)OC)=C\c1ccc2c(c1)OCO2. The van der Waals surface area contributed by atoms with Gasteiger partial charge in [0.25, 0.3) is 0 Å². The van der Waals surface area contributed by atoms with Crippen LogP contribution >= 0.6 is 0 Å². The van der Waals surface area contributed by atoms with Crippen LogP contribution in [-0.2, 0) is 14.3 Å². The Kier molecular flexibility index (Phi) is 5.80. The number of ether oxygens (including phenoxy) is 3. The summed E-state index contributed by atoms with van der Waals surface area (Å²) in [5.41, 5.74) is 1.93. The van der Waals surface area contributed by atoms with E-state index in [0.29, 0.717) is 5.75 Å². The summed E-state index contributed by atoms with van der Waals surface area (Å²) in [4.78, 5) is 22.6. The topological polar surface area (TPSA) is 73.9 Å². The molecule has 23 heavy (non-hydrogen) atoms. The summed E-state index contributed by atoms with van der Waals surface area (Å²) in [6.07, 6.45) is 5.84. The standard InChI is InChI=1S/C17H19NO5/c1-3-12(5-7-16(19)18-10-17(20)21-2)8-13-4-6-14-15(9-13)23-11-22-14/h4-9H,3,10-11H2,1-2H3,(H,18,19)/b7-5+,12-8+. The predicted molar refractivity (Wildman–Crippen MR) is 85.0 cm³/mol. The number of amides is 1. The van der Waals surface area contributed by atoms with Crippen molar-refractivity contribution in [2.45, 2.75) is 13.3 Å². The van der Waals surface area contributed by atoms with Crippen molar-refractivity contribution in [1.29, 1.82) is 0 Å². The molecular weight excluding hydrogens is 298 g/mol. The summed E-state index contributed by atoms with van der Waals surface area (Å²) in [5, 5.41) is 2.45. The van der Waals surface area contributed by atoms with Gasteiger partial charge < -0.3 is 19.5 Å². The third-order valence-electron chi connectivity index (χ3n) is 3.24. The Balaban J connectivity index is 2.00. The van der Waals surface area contributed by atoms with E-state index in [1.54, 1.807) is 6.08 Å². The Morgan fingerprint density at radius 2 is 2.04 bits per heavy atom. The van der Waals surface area contributed by atoms with Crippen molar-refractivity contribution < 1.29 is 23.8 Å². The highest BCUT2D eigenvalue weighted by Crippen LogP contribution is 2.33. The van der Waals surface area contributed by atoms with Crippen molar-refractivity contribution in [3.8, 4) is 11.5 Å². The van der Waals surface area contributed by atoms with E-state index >= 15 is 0 Å². The third-order valence-corrected chi connectivity index (χ3v) is 3.24. The molecule has 0 aliphatic carbocycles. The maximum absolute atomic E-state index is 11.6. The molecule has 1 aromatic carbocycles. The number of carbonyl (C=O) groups is 2. The molecule has 1 aliphatic heterocycles. The zero-order valence-electron chi connectivity index (χ0n) is 13.1. The molecule has 1 aromatic rings. The van der Waals surface area contributed by atoms with Crippen LogP contribution in [0.5, 0.6) is 11.5 Å². The van der Waals surface area contributed by atoms with E-state index in [0.717, 1.165) is 23.3 Å². The number of hydrogen-bond donors (Lipinski definition) is 1. The van der Waals surface area contributed by atoms with E-state index in [1.807, 2.05) is 31.2 Å². The Morgan fingerprint density at radius 3 is 2.78 bits per heavy atom. The van der Waals surface area contributed by atoms with E-state index in [2.05, 4.69) is 10.1 Å². The van der Waals surface area contributed by atoms with E-state index in [1.165, 1.54) is 13.2 Å². The highest BCUT2D eigenvalue weighted by Gasteiger charge is 2.12. The van der Waals surface area contributed by atoms with Gasteiger partial charge in [0.15, 0.2) is 11.5 Å². The molecule has 2 rings (SSSR count). The number of allylic oxidation sites excluding steroid dienone is 2. The molecule has 1 heterocycles. The number of nitrogens with one attached hydrogen (secondary N) is 1. The lowest BCUT2D eigenvalue weighted by Gasteiger charge is -2.02. The van der Waals surface area contributed by atoms with E-state index in [-0.39, 0.29) is 19.2 Å². The minimum atomic E-state index is -0.488. The quantitative estimate of drug-likeness (QED) is 0.494. The van der Waals surface area contributed by atoms with Crippen LogP contribution in [0.15, 0.2) is 35.9 Å². The molecule has 0 spiro atoms. The Labute approximate surface area is 134 Å². The maximum atomic E-state index is 11.6. The smallest absolute Gasteiger partial charge is 0.325 e. The molecule has 0 aromatic heterocycles. The second kappa shape index (κ2) is 8.03. The molecule has 6 heteroatoms. The van der Waals surface area contributed by atoms with Gasteiger partial charge in [-0.25, -0.2) is 0 Å². The van der Waals surface area contributed by atoms with Crippen LogP contribution < -0.4 is 14.8 Å². The molecule has 0 saturated carbocycles. The van der Waals surface area contributed by atoms with Gasteiger partial charge in [0.05, 0.1) is 7.11 Å². The maximum Gasteiger partial charge on any atom is 0.325 e. The lowest BCUT2D eigenvalue weighted by molar-refractivity contribution is -0.140. The monoisotopic (exact) mass is 317 g/mol. The molecule has 0 saturated heterocycles. The summed E-state index contributed by atoms with van der Waals surface area (Å²) in [6, 6.07) is 5.67. The highest BCUT2D eigenvalue weighted by molar-refractivity contribution is 5.90. The van der Waals surface area contributed by atoms with Crippen molar-refractivity contribution in [1.82, 2.24) is 5.32 Å². The number of fused-ring (bicyclic) bond motifs is 1. The van der Waals surface area contributed by atoms with Crippen LogP contribution in [0.3, 0.4) is 0 Å². The first kappa shape index (κ1) is 16.6. The molecule has 0 bridgehead atoms. The van der Waals surface area contributed by atoms with Gasteiger partial charge in [0.2, 0.25) is 12.7 Å². The van der Waals surface area contributed by atoms with Crippen molar-refractivity contribution >= 4 is 18.0 Å². The summed E-state index contributed by atoms with van der Waals surface area (Å²) in [7, 11) is 1.27. The second-order valence-corrected chi connectivity index (χ2v) is 4.81. The van der Waals surface area contributed by atoms with Gasteiger partial charge in [-0.05, 0) is 29.7 Å². The average Bonchev–Trinajstić information content (AvgIpc) is 3.03. The summed E-state index contributed by atoms with van der Waals surface area (Å²) < 4.78 is 15.1. The van der Waals surface area contributed by atoms with Crippen molar-refractivity contribution in [3.05, 3.63) is 41.5 Å². The van der Waals surface area contributed by atoms with Crippen LogP contribution in [0.1, 0.15) is 18.9 Å². The van der Waals surface area contributed by atoms with Crippen LogP contribution in [0.4, 0.5) is 0 Å². The fourth-order valence-electron chi connectivity index (χ4n) is 1.96. The first-order valence-electron chi connectivity index (χ1n) is 7.25. The zero-order valence-corrected chi connectivity index (χ0v) is 13.1. The molecule has 0 fully saturated rings. The molecule has 0 atom stereocenters. The van der Waals surface area contributed by atoms with Crippen LogP contribution in [0.2, 0.25) is 0 Å². The predicted octanol–water partition coefficient (Wildman–Crippen LogP) is 2.05. The molecule has 122 valence electrons. The van der Waals surface area contributed by atoms with Gasteiger partial charge in [-0.3, -0.25) is 9.59 Å². The first-order valence-corrected chi connectivity index (χ1v) is 7.25. The molecule has 1 amide bonds. The van der Waals surface area contributed by atoms with E-state index in [4.69, 9.17) is 9.47 Å². The second-order valence-electron chi connectivity index (χ2n) is 4.81. The largest absolute Gasteiger partial charge is 0.468 e. The molecule has 0 radical (unpaired) electrons. The number of methoxy groups -OCH3 is 1. The van der Waals surface area contributed by atoms with Gasteiger partial charge in [-0.2, -0.15) is 0 Å². The Morgan fingerprint density at radius 1 is 1.26 bits per heavy atom. The minimum Gasteiger partial charge on any atom is -0.468 e. The van der Waals surface area contributed by atoms with Gasteiger partial charge in [-0.1, -0.05) is 25.1 Å². The molecular formula is C17H19NO5. The van der Waals surface area contributed by atoms with Crippen molar-refractivity contribution in [2.24, 2.45) is 0 Å². The van der Waals surface area contributed by atoms with Gasteiger partial charge in [-0.15, -0.1) is 0 Å². The molecule has 1 N–H and O–H groups in total. The lowest BCUT2D eigenvalue weighted by atomic mass is 10.1. The number of carbonyl (C=O) groups excluding carboxylic acids is 2. The molecule has 6 nitrogen and oxygen atoms in total. The van der Waals surface area contributed by atoms with E-state index in [9.17, 15) is 9.59 Å². The Bertz CT molecular complexity index is 648. The average molecular weight is 317 g/mol. The van der Waals surface area contributed by atoms with Crippen LogP contribution in [-0.4, -0.2) is 32.3 Å². The van der Waals surface area contributed by atoms with Crippen molar-refractivity contribution in [2.75, 3.05) is 20.4 Å². The van der Waals surface area contributed by atoms with Gasteiger partial charge in [0, 0.05) is 6.08 Å². The summed E-state index contributed by atoms with van der Waals surface area (Å²) in [5.74, 6) is 0.616.